The zero-order valence-corrected chi connectivity index (χ0v) is 13.7. The van der Waals surface area contributed by atoms with Crippen LogP contribution in [0.5, 0.6) is 0 Å². The number of aromatic nitrogens is 3. The van der Waals surface area contributed by atoms with Gasteiger partial charge in [-0.1, -0.05) is 30.3 Å². The fourth-order valence-electron chi connectivity index (χ4n) is 2.38. The van der Waals surface area contributed by atoms with Gasteiger partial charge in [-0.15, -0.1) is 11.3 Å². The van der Waals surface area contributed by atoms with Crippen LogP contribution in [0.3, 0.4) is 0 Å². The number of thiophene rings is 1. The first-order chi connectivity index (χ1) is 10.7. The lowest BCUT2D eigenvalue weighted by Crippen LogP contribution is -2.14. The number of nitrogens with one attached hydrogen (secondary N) is 1. The summed E-state index contributed by atoms with van der Waals surface area (Å²) < 4.78 is 1.89. The number of nitrogens with zero attached hydrogens (tertiary/aromatic N) is 2. The first-order valence-electron chi connectivity index (χ1n) is 6.63. The summed E-state index contributed by atoms with van der Waals surface area (Å²) in [5, 5.41) is 5.08. The number of fused-ring (bicyclic) bond motifs is 1. The van der Waals surface area contributed by atoms with Crippen molar-refractivity contribution in [2.45, 2.75) is 0 Å². The molecule has 1 N–H and O–H groups in total. The summed E-state index contributed by atoms with van der Waals surface area (Å²) in [6, 6.07) is 12.3. The van der Waals surface area contributed by atoms with Crippen LogP contribution in [0.2, 0.25) is 0 Å². The zero-order valence-electron chi connectivity index (χ0n) is 11.3. The summed E-state index contributed by atoms with van der Waals surface area (Å²) in [5.74, 6) is 0. The molecule has 4 nitrogen and oxygen atoms in total. The standard InChI is InChI=1S/C16H10BrN3OS/c17-13-8-18-15-12(7-19-20(15)16(13)21)14-6-11(9-22-14)10-4-2-1-3-5-10/h1-9,19H. The molecule has 0 atom stereocenters. The van der Waals surface area contributed by atoms with Gasteiger partial charge in [0.1, 0.15) is 4.47 Å². The minimum Gasteiger partial charge on any atom is -0.296 e. The average Bonchev–Trinajstić information content (AvgIpc) is 3.18. The molecule has 0 bridgehead atoms. The second kappa shape index (κ2) is 5.23. The SMILES string of the molecule is O=c1c(Br)cnc2c(-c3cc(-c4ccccc4)cs3)c[nH]n12. The van der Waals surface area contributed by atoms with Crippen LogP contribution in [0.25, 0.3) is 27.2 Å². The Morgan fingerprint density at radius 3 is 2.82 bits per heavy atom. The molecule has 3 heterocycles. The molecule has 108 valence electrons. The average molecular weight is 372 g/mol. The topological polar surface area (TPSA) is 50.2 Å². The van der Waals surface area contributed by atoms with Gasteiger partial charge < -0.3 is 0 Å². The lowest BCUT2D eigenvalue weighted by atomic mass is 10.1. The molecule has 0 aliphatic heterocycles. The molecule has 0 aliphatic carbocycles. The summed E-state index contributed by atoms with van der Waals surface area (Å²) in [6.07, 6.45) is 3.36. The molecule has 4 aromatic rings. The van der Waals surface area contributed by atoms with Crippen molar-refractivity contribution in [1.29, 1.82) is 0 Å². The summed E-state index contributed by atoms with van der Waals surface area (Å²) in [7, 11) is 0. The summed E-state index contributed by atoms with van der Waals surface area (Å²) in [4.78, 5) is 17.5. The predicted octanol–water partition coefficient (Wildman–Crippen LogP) is 4.18. The molecule has 0 amide bonds. The normalized spacial score (nSPS) is 11.1. The smallest absolute Gasteiger partial charge is 0.286 e. The molecule has 0 saturated carbocycles. The Morgan fingerprint density at radius 2 is 2.00 bits per heavy atom. The van der Waals surface area contributed by atoms with Crippen molar-refractivity contribution in [1.82, 2.24) is 14.6 Å². The number of aromatic amines is 1. The number of hydrogen-bond acceptors (Lipinski definition) is 3. The lowest BCUT2D eigenvalue weighted by molar-refractivity contribution is 0.891. The van der Waals surface area contributed by atoms with Crippen molar-refractivity contribution in [2.75, 3.05) is 0 Å². The minimum atomic E-state index is -0.143. The van der Waals surface area contributed by atoms with E-state index in [1.165, 1.54) is 15.6 Å². The quantitative estimate of drug-likeness (QED) is 0.574. The molecule has 6 heteroatoms. The molecule has 0 radical (unpaired) electrons. The number of halogens is 1. The van der Waals surface area contributed by atoms with Crippen LogP contribution in [0.4, 0.5) is 0 Å². The monoisotopic (exact) mass is 371 g/mol. The Kier molecular flexibility index (Phi) is 3.20. The zero-order chi connectivity index (χ0) is 15.1. The van der Waals surface area contributed by atoms with E-state index in [1.54, 1.807) is 17.5 Å². The number of rotatable bonds is 2. The first kappa shape index (κ1) is 13.5. The van der Waals surface area contributed by atoms with Gasteiger partial charge in [-0.05, 0) is 38.5 Å². The first-order valence-corrected chi connectivity index (χ1v) is 8.30. The highest BCUT2D eigenvalue weighted by atomic mass is 79.9. The second-order valence-electron chi connectivity index (χ2n) is 4.82. The molecule has 0 aliphatic rings. The maximum Gasteiger partial charge on any atom is 0.286 e. The second-order valence-corrected chi connectivity index (χ2v) is 6.59. The van der Waals surface area contributed by atoms with E-state index >= 15 is 0 Å². The van der Waals surface area contributed by atoms with E-state index in [9.17, 15) is 4.79 Å². The van der Waals surface area contributed by atoms with Crippen LogP contribution in [0.15, 0.2) is 63.4 Å². The summed E-state index contributed by atoms with van der Waals surface area (Å²) in [6.45, 7) is 0. The maximum atomic E-state index is 12.0. The van der Waals surface area contributed by atoms with E-state index in [0.717, 1.165) is 10.4 Å². The van der Waals surface area contributed by atoms with Gasteiger partial charge in [0.25, 0.3) is 5.56 Å². The largest absolute Gasteiger partial charge is 0.296 e. The van der Waals surface area contributed by atoms with Crippen molar-refractivity contribution >= 4 is 32.9 Å². The van der Waals surface area contributed by atoms with Gasteiger partial charge in [-0.25, -0.2) is 9.50 Å². The molecule has 0 saturated heterocycles. The van der Waals surface area contributed by atoms with E-state index in [1.807, 2.05) is 24.4 Å². The van der Waals surface area contributed by atoms with Gasteiger partial charge >= 0.3 is 0 Å². The van der Waals surface area contributed by atoms with E-state index in [-0.39, 0.29) is 5.56 Å². The van der Waals surface area contributed by atoms with E-state index in [2.05, 4.69) is 49.6 Å². The minimum absolute atomic E-state index is 0.143. The number of benzene rings is 1. The Morgan fingerprint density at radius 1 is 1.18 bits per heavy atom. The highest BCUT2D eigenvalue weighted by molar-refractivity contribution is 9.10. The van der Waals surface area contributed by atoms with Crippen LogP contribution in [0.1, 0.15) is 0 Å². The molecular weight excluding hydrogens is 362 g/mol. The van der Waals surface area contributed by atoms with Gasteiger partial charge in [-0.3, -0.25) is 9.89 Å². The van der Waals surface area contributed by atoms with Gasteiger partial charge in [0.2, 0.25) is 0 Å². The predicted molar refractivity (Wildman–Crippen MR) is 92.3 cm³/mol. The number of hydrogen-bond donors (Lipinski definition) is 1. The molecule has 0 spiro atoms. The Labute approximate surface area is 138 Å². The van der Waals surface area contributed by atoms with Crippen molar-refractivity contribution in [2.24, 2.45) is 0 Å². The molecule has 0 fully saturated rings. The van der Waals surface area contributed by atoms with Crippen LogP contribution in [-0.4, -0.2) is 14.6 Å². The van der Waals surface area contributed by atoms with E-state index < -0.39 is 0 Å². The Bertz CT molecular complexity index is 1020. The molecule has 3 aromatic heterocycles. The van der Waals surface area contributed by atoms with Crippen LogP contribution < -0.4 is 5.56 Å². The highest BCUT2D eigenvalue weighted by Gasteiger charge is 2.12. The summed E-state index contributed by atoms with van der Waals surface area (Å²) in [5.41, 5.74) is 3.76. The van der Waals surface area contributed by atoms with Crippen LogP contribution in [-0.2, 0) is 0 Å². The van der Waals surface area contributed by atoms with E-state index in [4.69, 9.17) is 0 Å². The van der Waals surface area contributed by atoms with E-state index in [0.29, 0.717) is 10.1 Å². The van der Waals surface area contributed by atoms with Crippen molar-refractivity contribution in [3.8, 4) is 21.6 Å². The number of H-pyrrole nitrogens is 1. The molecule has 4 rings (SSSR count). The van der Waals surface area contributed by atoms with Crippen molar-refractivity contribution in [3.05, 3.63) is 69.0 Å². The van der Waals surface area contributed by atoms with Gasteiger partial charge in [-0.2, -0.15) is 0 Å². The Hall–Kier alpha value is -2.18. The fourth-order valence-corrected chi connectivity index (χ4v) is 3.59. The fraction of sp³-hybridized carbons (Fsp3) is 0. The molecule has 1 aromatic carbocycles. The van der Waals surface area contributed by atoms with Crippen LogP contribution in [0, 0.1) is 0 Å². The lowest BCUT2D eigenvalue weighted by Gasteiger charge is -1.96. The van der Waals surface area contributed by atoms with Gasteiger partial charge in [0, 0.05) is 17.3 Å². The third kappa shape index (κ3) is 2.12. The third-order valence-corrected chi connectivity index (χ3v) is 4.98. The highest BCUT2D eigenvalue weighted by Crippen LogP contribution is 2.33. The summed E-state index contributed by atoms with van der Waals surface area (Å²) >= 11 is 4.84. The van der Waals surface area contributed by atoms with Crippen molar-refractivity contribution in [3.63, 3.8) is 0 Å². The molecular formula is C16H10BrN3OS. The maximum absolute atomic E-state index is 12.0. The van der Waals surface area contributed by atoms with Gasteiger partial charge in [0.15, 0.2) is 5.65 Å². The molecule has 0 unspecified atom stereocenters. The third-order valence-electron chi connectivity index (χ3n) is 3.47. The van der Waals surface area contributed by atoms with Crippen molar-refractivity contribution < 1.29 is 0 Å². The molecule has 22 heavy (non-hydrogen) atoms. The Balaban J connectivity index is 1.85. The van der Waals surface area contributed by atoms with Gasteiger partial charge in [0.05, 0.1) is 5.56 Å². The van der Waals surface area contributed by atoms with Crippen LogP contribution >= 0.6 is 27.3 Å².